The zero-order valence-electron chi connectivity index (χ0n) is 15.5. The minimum atomic E-state index is -1.19. The van der Waals surface area contributed by atoms with Crippen LogP contribution in [0.4, 0.5) is 9.18 Å². The van der Waals surface area contributed by atoms with Crippen LogP contribution >= 0.6 is 0 Å². The first-order valence-corrected chi connectivity index (χ1v) is 8.74. The summed E-state index contributed by atoms with van der Waals surface area (Å²) in [6.07, 6.45) is -0.131. The monoisotopic (exact) mass is 382 g/mol. The van der Waals surface area contributed by atoms with Crippen LogP contribution in [0, 0.1) is 11.7 Å². The van der Waals surface area contributed by atoms with Gasteiger partial charge >= 0.3 is 6.03 Å². The lowest BCUT2D eigenvalue weighted by molar-refractivity contribution is -0.148. The molecule has 4 amide bonds. The van der Waals surface area contributed by atoms with Gasteiger partial charge in [0.2, 0.25) is 11.8 Å². The first kappa shape index (κ1) is 19.4. The maximum atomic E-state index is 13.2. The number of benzene rings is 2. The van der Waals surface area contributed by atoms with Crippen LogP contribution in [0.2, 0.25) is 0 Å². The molecule has 0 N–H and O–H groups in total. The van der Waals surface area contributed by atoms with Crippen LogP contribution in [0.25, 0.3) is 0 Å². The topological polar surface area (TPSA) is 74.8 Å². The molecule has 2 aromatic carbocycles. The van der Waals surface area contributed by atoms with Crippen LogP contribution in [0.3, 0.4) is 0 Å². The van der Waals surface area contributed by atoms with Gasteiger partial charge in [0.15, 0.2) is 5.78 Å². The van der Waals surface area contributed by atoms with Gasteiger partial charge in [-0.1, -0.05) is 30.3 Å². The summed E-state index contributed by atoms with van der Waals surface area (Å²) >= 11 is 0. The highest BCUT2D eigenvalue weighted by Gasteiger charge is 2.47. The number of ketones is 1. The minimum absolute atomic E-state index is 0.131. The number of urea groups is 1. The maximum Gasteiger partial charge on any atom is 0.332 e. The molecule has 1 atom stereocenters. The normalized spacial score (nSPS) is 16.5. The maximum absolute atomic E-state index is 13.2. The third kappa shape index (κ3) is 3.55. The summed E-state index contributed by atoms with van der Waals surface area (Å²) in [6.45, 7) is 0. The summed E-state index contributed by atoms with van der Waals surface area (Å²) in [7, 11) is 2.62. The SMILES string of the molecule is CN1C(=O)C(C(CC(=O)c2ccc(F)cc2)c2ccccc2)C(=O)N(C)C1=O. The van der Waals surface area contributed by atoms with Gasteiger partial charge in [-0.3, -0.25) is 24.2 Å². The fourth-order valence-electron chi connectivity index (χ4n) is 3.36. The Morgan fingerprint density at radius 1 is 0.929 bits per heavy atom. The third-order valence-corrected chi connectivity index (χ3v) is 4.97. The molecule has 6 nitrogen and oxygen atoms in total. The molecular weight excluding hydrogens is 363 g/mol. The molecule has 1 heterocycles. The molecule has 7 heteroatoms. The number of hydrogen-bond donors (Lipinski definition) is 0. The van der Waals surface area contributed by atoms with E-state index in [1.54, 1.807) is 30.3 Å². The van der Waals surface area contributed by atoms with Gasteiger partial charge in [0.25, 0.3) is 0 Å². The number of rotatable bonds is 5. The molecule has 0 aliphatic carbocycles. The molecule has 1 fully saturated rings. The summed E-state index contributed by atoms with van der Waals surface area (Å²) in [5.74, 6) is -4.02. The molecule has 28 heavy (non-hydrogen) atoms. The molecule has 144 valence electrons. The molecule has 0 aromatic heterocycles. The molecule has 3 rings (SSSR count). The summed E-state index contributed by atoms with van der Waals surface area (Å²) in [5, 5.41) is 0. The average Bonchev–Trinajstić information content (AvgIpc) is 2.71. The molecule has 0 spiro atoms. The zero-order chi connectivity index (χ0) is 20.4. The van der Waals surface area contributed by atoms with E-state index >= 15 is 0 Å². The van der Waals surface area contributed by atoms with Gasteiger partial charge in [-0.15, -0.1) is 0 Å². The lowest BCUT2D eigenvalue weighted by Crippen LogP contribution is -2.58. The predicted molar refractivity (Wildman–Crippen MR) is 99.0 cm³/mol. The van der Waals surface area contributed by atoms with Crippen molar-refractivity contribution in [1.29, 1.82) is 0 Å². The number of halogens is 1. The minimum Gasteiger partial charge on any atom is -0.294 e. The smallest absolute Gasteiger partial charge is 0.294 e. The Morgan fingerprint density at radius 2 is 1.46 bits per heavy atom. The van der Waals surface area contributed by atoms with Crippen LogP contribution in [0.15, 0.2) is 54.6 Å². The molecule has 1 aliphatic rings. The van der Waals surface area contributed by atoms with Crippen molar-refractivity contribution in [1.82, 2.24) is 9.80 Å². The first-order valence-electron chi connectivity index (χ1n) is 8.74. The van der Waals surface area contributed by atoms with E-state index in [-0.39, 0.29) is 17.8 Å². The van der Waals surface area contributed by atoms with Crippen LogP contribution in [-0.2, 0) is 9.59 Å². The van der Waals surface area contributed by atoms with Crippen molar-refractivity contribution in [3.05, 3.63) is 71.5 Å². The van der Waals surface area contributed by atoms with Crippen molar-refractivity contribution in [3.63, 3.8) is 0 Å². The Hall–Kier alpha value is -3.35. The van der Waals surface area contributed by atoms with Crippen molar-refractivity contribution >= 4 is 23.6 Å². The van der Waals surface area contributed by atoms with Gasteiger partial charge in [0.1, 0.15) is 11.7 Å². The number of carbonyl (C=O) groups excluding carboxylic acids is 4. The molecule has 1 aliphatic heterocycles. The summed E-state index contributed by atoms with van der Waals surface area (Å²) < 4.78 is 13.2. The Morgan fingerprint density at radius 3 is 2.00 bits per heavy atom. The summed E-state index contributed by atoms with van der Waals surface area (Å²) in [5.41, 5.74) is 0.927. The van der Waals surface area contributed by atoms with Crippen LogP contribution in [0.1, 0.15) is 28.3 Å². The van der Waals surface area contributed by atoms with E-state index in [4.69, 9.17) is 0 Å². The van der Waals surface area contributed by atoms with Crippen molar-refractivity contribution in [2.24, 2.45) is 5.92 Å². The Bertz CT molecular complexity index is 903. The van der Waals surface area contributed by atoms with Gasteiger partial charge in [-0.05, 0) is 29.8 Å². The van der Waals surface area contributed by atoms with E-state index in [9.17, 15) is 23.6 Å². The van der Waals surface area contributed by atoms with Gasteiger partial charge in [0.05, 0.1) is 0 Å². The molecule has 1 unspecified atom stereocenters. The highest BCUT2D eigenvalue weighted by Crippen LogP contribution is 2.34. The van der Waals surface area contributed by atoms with Crippen molar-refractivity contribution in [2.45, 2.75) is 12.3 Å². The fourth-order valence-corrected chi connectivity index (χ4v) is 3.36. The standard InChI is InChI=1S/C21H19FN2O4/c1-23-19(26)18(20(27)24(2)21(23)28)16(13-6-4-3-5-7-13)12-17(25)14-8-10-15(22)11-9-14/h3-11,16,18H,12H2,1-2H3. The van der Waals surface area contributed by atoms with E-state index in [1.165, 1.54) is 38.4 Å². The average molecular weight is 382 g/mol. The van der Waals surface area contributed by atoms with Gasteiger partial charge in [-0.2, -0.15) is 0 Å². The number of hydrogen-bond acceptors (Lipinski definition) is 4. The van der Waals surface area contributed by atoms with E-state index in [1.807, 2.05) is 0 Å². The fraction of sp³-hybridized carbons (Fsp3) is 0.238. The Balaban J connectivity index is 1.99. The largest absolute Gasteiger partial charge is 0.332 e. The second kappa shape index (κ2) is 7.72. The number of amides is 4. The van der Waals surface area contributed by atoms with Crippen molar-refractivity contribution in [3.8, 4) is 0 Å². The van der Waals surface area contributed by atoms with E-state index in [2.05, 4.69) is 0 Å². The second-order valence-corrected chi connectivity index (χ2v) is 6.71. The van der Waals surface area contributed by atoms with E-state index < -0.39 is 35.5 Å². The van der Waals surface area contributed by atoms with Crippen molar-refractivity contribution < 1.29 is 23.6 Å². The van der Waals surface area contributed by atoms with Crippen molar-refractivity contribution in [2.75, 3.05) is 14.1 Å². The number of imide groups is 2. The van der Waals surface area contributed by atoms with E-state index in [0.717, 1.165) is 9.80 Å². The number of barbiturate groups is 1. The van der Waals surface area contributed by atoms with Crippen LogP contribution in [0.5, 0.6) is 0 Å². The summed E-state index contributed by atoms with van der Waals surface area (Å²) in [4.78, 5) is 52.1. The second-order valence-electron chi connectivity index (χ2n) is 6.71. The van der Waals surface area contributed by atoms with Gasteiger partial charge in [0, 0.05) is 32.0 Å². The molecule has 0 radical (unpaired) electrons. The van der Waals surface area contributed by atoms with E-state index in [0.29, 0.717) is 5.56 Å². The quantitative estimate of drug-likeness (QED) is 0.589. The first-order chi connectivity index (χ1) is 13.3. The van der Waals surface area contributed by atoms with Gasteiger partial charge in [-0.25, -0.2) is 9.18 Å². The lowest BCUT2D eigenvalue weighted by atomic mass is 9.79. The predicted octanol–water partition coefficient (Wildman–Crippen LogP) is 2.85. The van der Waals surface area contributed by atoms with Crippen LogP contribution < -0.4 is 0 Å². The molecular formula is C21H19FN2O4. The third-order valence-electron chi connectivity index (χ3n) is 4.97. The molecule has 1 saturated heterocycles. The number of carbonyl (C=O) groups is 4. The molecule has 0 saturated carbocycles. The lowest BCUT2D eigenvalue weighted by Gasteiger charge is -2.36. The highest BCUT2D eigenvalue weighted by atomic mass is 19.1. The summed E-state index contributed by atoms with van der Waals surface area (Å²) in [6, 6.07) is 13.2. The number of Topliss-reactive ketones (excluding diaryl/α,β-unsaturated/α-hetero) is 1. The Kier molecular flexibility index (Phi) is 5.35. The Labute approximate surface area is 161 Å². The number of nitrogens with zero attached hydrogens (tertiary/aromatic N) is 2. The highest BCUT2D eigenvalue weighted by molar-refractivity contribution is 6.16. The zero-order valence-corrected chi connectivity index (χ0v) is 15.5. The molecule has 2 aromatic rings. The van der Waals surface area contributed by atoms with Crippen LogP contribution in [-0.4, -0.2) is 47.5 Å². The molecule has 0 bridgehead atoms. The van der Waals surface area contributed by atoms with Gasteiger partial charge < -0.3 is 0 Å².